The average molecular weight is 441 g/mol. The van der Waals surface area contributed by atoms with Gasteiger partial charge in [0.2, 0.25) is 0 Å². The third-order valence-corrected chi connectivity index (χ3v) is 3.48. The van der Waals surface area contributed by atoms with Gasteiger partial charge in [0.1, 0.15) is 17.6 Å². The lowest BCUT2D eigenvalue weighted by Crippen LogP contribution is -1.96. The Morgan fingerprint density at radius 2 is 1.88 bits per heavy atom. The molecule has 1 aromatic carbocycles. The molecule has 84 valence electrons. The molecular weight excluding hydrogens is 432 g/mol. The van der Waals surface area contributed by atoms with Crippen molar-refractivity contribution in [1.82, 2.24) is 0 Å². The Kier molecular flexibility index (Phi) is 5.34. The number of methoxy groups -OCH3 is 1. The number of halogens is 2. The smallest absolute Gasteiger partial charge is 0.199 e. The van der Waals surface area contributed by atoms with E-state index in [4.69, 9.17) is 14.7 Å². The number of allylic oxidation sites excluding steroid dienone is 2. The fourth-order valence-corrected chi connectivity index (χ4v) is 2.22. The number of benzene rings is 1. The molecule has 0 radical (unpaired) electrons. The molecule has 0 saturated carbocycles. The van der Waals surface area contributed by atoms with E-state index in [0.717, 1.165) is 12.9 Å². The average Bonchev–Trinajstić information content (AvgIpc) is 2.29. The summed E-state index contributed by atoms with van der Waals surface area (Å²) in [5, 5.41) is 8.78. The third kappa shape index (κ3) is 3.25. The Bertz CT molecular complexity index is 464. The van der Waals surface area contributed by atoms with Crippen molar-refractivity contribution in [1.29, 1.82) is 5.26 Å². The molecular formula is C11H9I2NO2. The van der Waals surface area contributed by atoms with Gasteiger partial charge in [0.15, 0.2) is 5.76 Å². The van der Waals surface area contributed by atoms with E-state index in [-0.39, 0.29) is 0 Å². The van der Waals surface area contributed by atoms with E-state index >= 15 is 0 Å². The van der Waals surface area contributed by atoms with Crippen LogP contribution in [0.5, 0.6) is 11.5 Å². The van der Waals surface area contributed by atoms with Crippen LogP contribution in [0.25, 0.3) is 0 Å². The van der Waals surface area contributed by atoms with Gasteiger partial charge in [-0.05, 0) is 70.3 Å². The van der Waals surface area contributed by atoms with E-state index in [1.807, 2.05) is 18.2 Å². The van der Waals surface area contributed by atoms with Gasteiger partial charge in [-0.25, -0.2) is 0 Å². The molecule has 0 fully saturated rings. The van der Waals surface area contributed by atoms with Crippen LogP contribution in [-0.2, 0) is 0 Å². The molecule has 0 amide bonds. The first kappa shape index (κ1) is 13.6. The molecule has 0 atom stereocenters. The highest BCUT2D eigenvalue weighted by molar-refractivity contribution is 14.1. The minimum atomic E-state index is 0.291. The first-order valence-corrected chi connectivity index (χ1v) is 6.55. The summed E-state index contributed by atoms with van der Waals surface area (Å²) in [4.78, 5) is 0. The van der Waals surface area contributed by atoms with Crippen molar-refractivity contribution in [2.75, 3.05) is 7.11 Å². The Morgan fingerprint density at radius 1 is 1.31 bits per heavy atom. The molecule has 0 aliphatic heterocycles. The van der Waals surface area contributed by atoms with Crippen LogP contribution < -0.4 is 9.47 Å². The third-order valence-electron chi connectivity index (χ3n) is 1.80. The zero-order valence-corrected chi connectivity index (χ0v) is 13.1. The number of rotatable bonds is 3. The maximum Gasteiger partial charge on any atom is 0.199 e. The number of nitriles is 1. The van der Waals surface area contributed by atoms with Crippen molar-refractivity contribution in [2.45, 2.75) is 6.92 Å². The lowest BCUT2D eigenvalue weighted by molar-refractivity contribution is 0.406. The molecule has 0 aromatic heterocycles. The summed E-state index contributed by atoms with van der Waals surface area (Å²) in [6, 6.07) is 5.70. The van der Waals surface area contributed by atoms with Gasteiger partial charge in [0.05, 0.1) is 14.3 Å². The highest BCUT2D eigenvalue weighted by Gasteiger charge is 2.09. The van der Waals surface area contributed by atoms with Crippen molar-refractivity contribution >= 4 is 45.2 Å². The first-order chi connectivity index (χ1) is 7.62. The Labute approximate surface area is 122 Å². The van der Waals surface area contributed by atoms with Gasteiger partial charge in [-0.1, -0.05) is 0 Å². The van der Waals surface area contributed by atoms with Gasteiger partial charge < -0.3 is 9.47 Å². The number of hydrogen-bond donors (Lipinski definition) is 0. The second kappa shape index (κ2) is 6.30. The fourth-order valence-electron chi connectivity index (χ4n) is 1.01. The Hall–Kier alpha value is -0.490. The molecule has 0 saturated heterocycles. The summed E-state index contributed by atoms with van der Waals surface area (Å²) in [5.41, 5.74) is 0. The number of ether oxygens (including phenoxy) is 2. The lowest BCUT2D eigenvalue weighted by atomic mass is 10.3. The molecule has 0 aliphatic carbocycles. The van der Waals surface area contributed by atoms with Gasteiger partial charge in [0, 0.05) is 0 Å². The zero-order valence-electron chi connectivity index (χ0n) is 8.75. The van der Waals surface area contributed by atoms with Gasteiger partial charge >= 0.3 is 0 Å². The van der Waals surface area contributed by atoms with Crippen LogP contribution >= 0.6 is 45.2 Å². The predicted molar refractivity (Wildman–Crippen MR) is 78.4 cm³/mol. The second-order valence-corrected chi connectivity index (χ2v) is 5.11. The summed E-state index contributed by atoms with van der Waals surface area (Å²) >= 11 is 4.31. The van der Waals surface area contributed by atoms with Crippen LogP contribution in [-0.4, -0.2) is 7.11 Å². The quantitative estimate of drug-likeness (QED) is 0.409. The zero-order chi connectivity index (χ0) is 12.1. The van der Waals surface area contributed by atoms with Crippen LogP contribution in [0.3, 0.4) is 0 Å². The molecule has 1 rings (SSSR count). The SMILES string of the molecule is C/C=C(/C#N)Oc1cc(I)c(OC)cc1I. The van der Waals surface area contributed by atoms with Crippen molar-refractivity contribution in [2.24, 2.45) is 0 Å². The fraction of sp³-hybridized carbons (Fsp3) is 0.182. The van der Waals surface area contributed by atoms with E-state index < -0.39 is 0 Å². The Morgan fingerprint density at radius 3 is 2.38 bits per heavy atom. The first-order valence-electron chi connectivity index (χ1n) is 4.39. The van der Waals surface area contributed by atoms with Crippen LogP contribution in [0.2, 0.25) is 0 Å². The largest absolute Gasteiger partial charge is 0.496 e. The van der Waals surface area contributed by atoms with Crippen LogP contribution in [0.15, 0.2) is 24.0 Å². The predicted octanol–water partition coefficient (Wildman–Crippen LogP) is 3.71. The molecule has 0 spiro atoms. The second-order valence-electron chi connectivity index (χ2n) is 2.78. The molecule has 0 unspecified atom stereocenters. The van der Waals surface area contributed by atoms with Crippen LogP contribution in [0.1, 0.15) is 6.92 Å². The van der Waals surface area contributed by atoms with E-state index in [1.54, 1.807) is 20.1 Å². The number of hydrogen-bond acceptors (Lipinski definition) is 3. The minimum Gasteiger partial charge on any atom is -0.496 e. The van der Waals surface area contributed by atoms with Crippen LogP contribution in [0, 0.1) is 18.5 Å². The number of nitrogens with zero attached hydrogens (tertiary/aromatic N) is 1. The van der Waals surface area contributed by atoms with Crippen molar-refractivity contribution in [3.63, 3.8) is 0 Å². The molecule has 5 heteroatoms. The van der Waals surface area contributed by atoms with E-state index in [9.17, 15) is 0 Å². The standard InChI is InChI=1S/C11H9I2NO2/c1-3-7(6-14)16-11-5-8(12)10(15-2)4-9(11)13/h3-5H,1-2H3/b7-3-. The molecule has 3 nitrogen and oxygen atoms in total. The van der Waals surface area contributed by atoms with Gasteiger partial charge in [-0.3, -0.25) is 0 Å². The molecule has 0 N–H and O–H groups in total. The van der Waals surface area contributed by atoms with Crippen molar-refractivity contribution in [3.8, 4) is 17.6 Å². The summed E-state index contributed by atoms with van der Waals surface area (Å²) in [7, 11) is 1.63. The van der Waals surface area contributed by atoms with Crippen molar-refractivity contribution in [3.05, 3.63) is 31.1 Å². The van der Waals surface area contributed by atoms with Crippen molar-refractivity contribution < 1.29 is 9.47 Å². The summed E-state index contributed by atoms with van der Waals surface area (Å²) in [6.45, 7) is 1.76. The van der Waals surface area contributed by atoms with Crippen LogP contribution in [0.4, 0.5) is 0 Å². The summed E-state index contributed by atoms with van der Waals surface area (Å²) in [6.07, 6.45) is 1.63. The Balaban J connectivity index is 3.08. The van der Waals surface area contributed by atoms with E-state index in [0.29, 0.717) is 11.5 Å². The molecule has 16 heavy (non-hydrogen) atoms. The monoisotopic (exact) mass is 441 g/mol. The minimum absolute atomic E-state index is 0.291. The summed E-state index contributed by atoms with van der Waals surface area (Å²) < 4.78 is 12.5. The maximum atomic E-state index is 8.78. The van der Waals surface area contributed by atoms with Gasteiger partial charge in [-0.2, -0.15) is 5.26 Å². The molecule has 0 aliphatic rings. The highest BCUT2D eigenvalue weighted by atomic mass is 127. The molecule has 0 bridgehead atoms. The lowest BCUT2D eigenvalue weighted by Gasteiger charge is -2.09. The topological polar surface area (TPSA) is 42.2 Å². The highest BCUT2D eigenvalue weighted by Crippen LogP contribution is 2.31. The summed E-state index contributed by atoms with van der Waals surface area (Å²) in [5.74, 6) is 1.76. The van der Waals surface area contributed by atoms with Gasteiger partial charge in [0.25, 0.3) is 0 Å². The molecule has 0 heterocycles. The van der Waals surface area contributed by atoms with E-state index in [1.165, 1.54) is 0 Å². The normalized spacial score (nSPS) is 10.8. The maximum absolute atomic E-state index is 8.78. The molecule has 1 aromatic rings. The van der Waals surface area contributed by atoms with Gasteiger partial charge in [-0.15, -0.1) is 0 Å². The van der Waals surface area contributed by atoms with E-state index in [2.05, 4.69) is 45.2 Å².